The predicted molar refractivity (Wildman–Crippen MR) is 82.5 cm³/mol. The van der Waals surface area contributed by atoms with Crippen LogP contribution in [0.5, 0.6) is 5.75 Å². The molecule has 20 heavy (non-hydrogen) atoms. The second-order valence-electron chi connectivity index (χ2n) is 4.93. The van der Waals surface area contributed by atoms with E-state index in [9.17, 15) is 0 Å². The average Bonchev–Trinajstić information content (AvgIpc) is 2.44. The summed E-state index contributed by atoms with van der Waals surface area (Å²) in [5.74, 6) is 2.48. The third-order valence-electron chi connectivity index (χ3n) is 3.63. The SMILES string of the molecule is CNc1nc(C)nc(-c2ccc(C)c(C)c2OC)c1C. The van der Waals surface area contributed by atoms with E-state index in [4.69, 9.17) is 4.74 Å². The molecule has 2 aromatic rings. The Morgan fingerprint density at radius 1 is 1.00 bits per heavy atom. The van der Waals surface area contributed by atoms with Gasteiger partial charge in [0, 0.05) is 18.2 Å². The monoisotopic (exact) mass is 271 g/mol. The van der Waals surface area contributed by atoms with Gasteiger partial charge in [0.2, 0.25) is 0 Å². The van der Waals surface area contributed by atoms with Gasteiger partial charge in [-0.25, -0.2) is 9.97 Å². The van der Waals surface area contributed by atoms with Crippen LogP contribution in [0, 0.1) is 27.7 Å². The van der Waals surface area contributed by atoms with E-state index in [1.807, 2.05) is 20.9 Å². The van der Waals surface area contributed by atoms with Crippen LogP contribution in [0.2, 0.25) is 0 Å². The van der Waals surface area contributed by atoms with Crippen LogP contribution in [-0.2, 0) is 0 Å². The second kappa shape index (κ2) is 5.49. The average molecular weight is 271 g/mol. The Morgan fingerprint density at radius 2 is 1.70 bits per heavy atom. The molecule has 0 aliphatic rings. The topological polar surface area (TPSA) is 47.0 Å². The number of benzene rings is 1. The highest BCUT2D eigenvalue weighted by Gasteiger charge is 2.16. The molecule has 0 saturated carbocycles. The van der Waals surface area contributed by atoms with Gasteiger partial charge >= 0.3 is 0 Å². The molecule has 0 bridgehead atoms. The van der Waals surface area contributed by atoms with E-state index in [-0.39, 0.29) is 0 Å². The normalized spacial score (nSPS) is 10.5. The molecule has 1 aromatic heterocycles. The number of hydrogen-bond donors (Lipinski definition) is 1. The number of ether oxygens (including phenoxy) is 1. The van der Waals surface area contributed by atoms with E-state index in [1.165, 1.54) is 5.56 Å². The standard InChI is InChI=1S/C16H21N3O/c1-9-7-8-13(15(20-6)10(9)2)14-11(3)16(17-5)19-12(4)18-14/h7-8H,1-6H3,(H,17,18,19). The van der Waals surface area contributed by atoms with Crippen LogP contribution in [0.3, 0.4) is 0 Å². The molecule has 1 aromatic carbocycles. The summed E-state index contributed by atoms with van der Waals surface area (Å²) in [4.78, 5) is 9.01. The molecule has 0 aliphatic carbocycles. The maximum Gasteiger partial charge on any atom is 0.132 e. The first-order valence-corrected chi connectivity index (χ1v) is 6.67. The summed E-state index contributed by atoms with van der Waals surface area (Å²) in [7, 11) is 3.57. The zero-order valence-corrected chi connectivity index (χ0v) is 13.0. The fourth-order valence-corrected chi connectivity index (χ4v) is 2.37. The number of anilines is 1. The Morgan fingerprint density at radius 3 is 2.30 bits per heavy atom. The molecule has 4 heteroatoms. The van der Waals surface area contributed by atoms with Gasteiger partial charge in [0.15, 0.2) is 0 Å². The van der Waals surface area contributed by atoms with E-state index in [2.05, 4.69) is 41.3 Å². The quantitative estimate of drug-likeness (QED) is 0.929. The van der Waals surface area contributed by atoms with Crippen molar-refractivity contribution in [3.05, 3.63) is 34.6 Å². The smallest absolute Gasteiger partial charge is 0.132 e. The summed E-state index contributed by atoms with van der Waals surface area (Å²) < 4.78 is 5.60. The van der Waals surface area contributed by atoms with Crippen LogP contribution >= 0.6 is 0 Å². The van der Waals surface area contributed by atoms with E-state index < -0.39 is 0 Å². The molecular formula is C16H21N3O. The molecule has 0 amide bonds. The highest BCUT2D eigenvalue weighted by molar-refractivity contribution is 5.75. The summed E-state index contributed by atoms with van der Waals surface area (Å²) in [5, 5.41) is 3.12. The van der Waals surface area contributed by atoms with Gasteiger partial charge in [-0.05, 0) is 44.9 Å². The van der Waals surface area contributed by atoms with Crippen molar-refractivity contribution in [2.45, 2.75) is 27.7 Å². The first-order chi connectivity index (χ1) is 9.49. The molecule has 0 aliphatic heterocycles. The maximum absolute atomic E-state index is 5.60. The van der Waals surface area contributed by atoms with Crippen LogP contribution < -0.4 is 10.1 Å². The number of rotatable bonds is 3. The minimum Gasteiger partial charge on any atom is -0.496 e. The van der Waals surface area contributed by atoms with Gasteiger partial charge in [-0.3, -0.25) is 0 Å². The van der Waals surface area contributed by atoms with Crippen LogP contribution in [0.1, 0.15) is 22.5 Å². The summed E-state index contributed by atoms with van der Waals surface area (Å²) in [6.45, 7) is 8.07. The molecule has 106 valence electrons. The largest absolute Gasteiger partial charge is 0.496 e. The Bertz CT molecular complexity index is 651. The van der Waals surface area contributed by atoms with Crippen molar-refractivity contribution in [1.29, 1.82) is 0 Å². The van der Waals surface area contributed by atoms with Crippen LogP contribution in [0.15, 0.2) is 12.1 Å². The van der Waals surface area contributed by atoms with E-state index in [0.717, 1.165) is 39.8 Å². The molecule has 0 radical (unpaired) electrons. The Kier molecular flexibility index (Phi) is 3.93. The fraction of sp³-hybridized carbons (Fsp3) is 0.375. The molecule has 0 saturated heterocycles. The van der Waals surface area contributed by atoms with Crippen molar-refractivity contribution in [1.82, 2.24) is 9.97 Å². The van der Waals surface area contributed by atoms with Gasteiger partial charge in [-0.1, -0.05) is 6.07 Å². The van der Waals surface area contributed by atoms with Crippen LogP contribution in [0.4, 0.5) is 5.82 Å². The van der Waals surface area contributed by atoms with Crippen molar-refractivity contribution < 1.29 is 4.74 Å². The van der Waals surface area contributed by atoms with E-state index in [1.54, 1.807) is 7.11 Å². The van der Waals surface area contributed by atoms with Crippen LogP contribution in [0.25, 0.3) is 11.3 Å². The highest BCUT2D eigenvalue weighted by Crippen LogP contribution is 2.36. The third kappa shape index (κ3) is 2.33. The van der Waals surface area contributed by atoms with E-state index >= 15 is 0 Å². The Labute approximate surface area is 120 Å². The molecule has 2 rings (SSSR count). The van der Waals surface area contributed by atoms with Gasteiger partial charge in [-0.15, -0.1) is 0 Å². The first kappa shape index (κ1) is 14.3. The number of nitrogens with one attached hydrogen (secondary N) is 1. The number of aromatic nitrogens is 2. The molecule has 0 spiro atoms. The van der Waals surface area contributed by atoms with Crippen molar-refractivity contribution in [2.24, 2.45) is 0 Å². The maximum atomic E-state index is 5.60. The van der Waals surface area contributed by atoms with Gasteiger partial charge in [0.25, 0.3) is 0 Å². The lowest BCUT2D eigenvalue weighted by Crippen LogP contribution is -2.04. The summed E-state index contributed by atoms with van der Waals surface area (Å²) in [6, 6.07) is 4.17. The number of methoxy groups -OCH3 is 1. The summed E-state index contributed by atoms with van der Waals surface area (Å²) in [5.41, 5.74) is 5.31. The predicted octanol–water partition coefficient (Wildman–Crippen LogP) is 3.43. The van der Waals surface area contributed by atoms with Gasteiger partial charge in [0.05, 0.1) is 12.8 Å². The van der Waals surface area contributed by atoms with Gasteiger partial charge in [-0.2, -0.15) is 0 Å². The number of hydrogen-bond acceptors (Lipinski definition) is 4. The summed E-state index contributed by atoms with van der Waals surface area (Å²) in [6.07, 6.45) is 0. The lowest BCUT2D eigenvalue weighted by Gasteiger charge is -2.16. The third-order valence-corrected chi connectivity index (χ3v) is 3.63. The van der Waals surface area contributed by atoms with Crippen molar-refractivity contribution in [2.75, 3.05) is 19.5 Å². The molecule has 0 fully saturated rings. The molecule has 1 N–H and O–H groups in total. The van der Waals surface area contributed by atoms with Gasteiger partial charge in [0.1, 0.15) is 17.4 Å². The minimum atomic E-state index is 0.746. The second-order valence-corrected chi connectivity index (χ2v) is 4.93. The van der Waals surface area contributed by atoms with Crippen LogP contribution in [-0.4, -0.2) is 24.1 Å². The molecule has 4 nitrogen and oxygen atoms in total. The van der Waals surface area contributed by atoms with Crippen molar-refractivity contribution >= 4 is 5.82 Å². The molecule has 0 unspecified atom stereocenters. The first-order valence-electron chi connectivity index (χ1n) is 6.67. The Hall–Kier alpha value is -2.10. The van der Waals surface area contributed by atoms with Crippen molar-refractivity contribution in [3.63, 3.8) is 0 Å². The zero-order valence-electron chi connectivity index (χ0n) is 13.0. The lowest BCUT2D eigenvalue weighted by atomic mass is 9.99. The van der Waals surface area contributed by atoms with Crippen molar-refractivity contribution in [3.8, 4) is 17.0 Å². The molecule has 0 atom stereocenters. The molecular weight excluding hydrogens is 250 g/mol. The van der Waals surface area contributed by atoms with E-state index in [0.29, 0.717) is 0 Å². The highest BCUT2D eigenvalue weighted by atomic mass is 16.5. The summed E-state index contributed by atoms with van der Waals surface area (Å²) >= 11 is 0. The zero-order chi connectivity index (χ0) is 14.9. The van der Waals surface area contributed by atoms with Gasteiger partial charge < -0.3 is 10.1 Å². The molecule has 1 heterocycles. The minimum absolute atomic E-state index is 0.746. The number of nitrogens with zero attached hydrogens (tertiary/aromatic N) is 2. The number of aryl methyl sites for hydroxylation is 2. The fourth-order valence-electron chi connectivity index (χ4n) is 2.37. The Balaban J connectivity index is 2.75. The lowest BCUT2D eigenvalue weighted by molar-refractivity contribution is 0.413.